The fraction of sp³-hybridized carbons (Fsp3) is 0.667. The molecule has 2 rings (SSSR count). The molecule has 0 atom stereocenters. The normalized spacial score (nSPS) is 18.0. The van der Waals surface area contributed by atoms with E-state index >= 15 is 0 Å². The minimum atomic E-state index is 0.198. The van der Waals surface area contributed by atoms with Crippen LogP contribution in [0.5, 0.6) is 5.75 Å². The average molecular weight is 290 g/mol. The van der Waals surface area contributed by atoms with Crippen molar-refractivity contribution in [3.63, 3.8) is 0 Å². The van der Waals surface area contributed by atoms with Crippen LogP contribution in [-0.4, -0.2) is 56.2 Å². The number of likely N-dealkylation sites (N-methyl/N-ethyl adjacent to an activating group) is 1. The minimum absolute atomic E-state index is 0.198. The first-order valence-electron chi connectivity index (χ1n) is 8.01. The van der Waals surface area contributed by atoms with E-state index in [1.165, 1.54) is 24.2 Å². The molecule has 3 nitrogen and oxygen atoms in total. The van der Waals surface area contributed by atoms with Crippen LogP contribution in [0, 0.1) is 6.92 Å². The van der Waals surface area contributed by atoms with E-state index in [0.717, 1.165) is 32.0 Å². The van der Waals surface area contributed by atoms with E-state index in [1.54, 1.807) is 0 Å². The highest BCUT2D eigenvalue weighted by molar-refractivity contribution is 5.38. The first-order chi connectivity index (χ1) is 9.86. The molecule has 1 saturated heterocycles. The van der Waals surface area contributed by atoms with Crippen molar-refractivity contribution >= 4 is 0 Å². The van der Waals surface area contributed by atoms with Gasteiger partial charge in [0.05, 0.1) is 0 Å². The molecule has 0 spiro atoms. The monoisotopic (exact) mass is 290 g/mol. The van der Waals surface area contributed by atoms with Crippen LogP contribution in [0.1, 0.15) is 31.9 Å². The first-order valence-corrected chi connectivity index (χ1v) is 8.01. The highest BCUT2D eigenvalue weighted by Crippen LogP contribution is 2.27. The lowest BCUT2D eigenvalue weighted by atomic mass is 9.86. The number of aryl methyl sites for hydroxylation is 1. The molecular formula is C18H30N2O. The maximum absolute atomic E-state index is 5.98. The van der Waals surface area contributed by atoms with Gasteiger partial charge in [-0.1, -0.05) is 32.9 Å². The molecule has 1 aromatic rings. The standard InChI is InChI=1S/C18H30N2O/c1-15-14-16(18(2,3)4)6-7-17(15)21-13-12-20-10-8-19(5)9-11-20/h6-7,14H,8-13H2,1-5H3. The summed E-state index contributed by atoms with van der Waals surface area (Å²) in [7, 11) is 2.19. The van der Waals surface area contributed by atoms with Crippen molar-refractivity contribution in [2.24, 2.45) is 0 Å². The van der Waals surface area contributed by atoms with E-state index in [0.29, 0.717) is 0 Å². The smallest absolute Gasteiger partial charge is 0.122 e. The Morgan fingerprint density at radius 1 is 1.10 bits per heavy atom. The Morgan fingerprint density at radius 2 is 1.76 bits per heavy atom. The summed E-state index contributed by atoms with van der Waals surface area (Å²) in [5.74, 6) is 1.03. The second kappa shape index (κ2) is 6.80. The van der Waals surface area contributed by atoms with Crippen LogP contribution >= 0.6 is 0 Å². The molecule has 0 radical (unpaired) electrons. The van der Waals surface area contributed by atoms with Crippen molar-refractivity contribution < 1.29 is 4.74 Å². The van der Waals surface area contributed by atoms with Gasteiger partial charge >= 0.3 is 0 Å². The highest BCUT2D eigenvalue weighted by atomic mass is 16.5. The lowest BCUT2D eigenvalue weighted by Crippen LogP contribution is -2.45. The largest absolute Gasteiger partial charge is 0.492 e. The van der Waals surface area contributed by atoms with E-state index in [2.05, 4.69) is 62.7 Å². The summed E-state index contributed by atoms with van der Waals surface area (Å²) in [6.07, 6.45) is 0. The third kappa shape index (κ3) is 4.72. The number of hydrogen-bond acceptors (Lipinski definition) is 3. The van der Waals surface area contributed by atoms with Crippen molar-refractivity contribution in [2.75, 3.05) is 46.4 Å². The van der Waals surface area contributed by atoms with Gasteiger partial charge in [-0.3, -0.25) is 4.90 Å². The fourth-order valence-corrected chi connectivity index (χ4v) is 2.63. The van der Waals surface area contributed by atoms with Crippen LogP contribution in [-0.2, 0) is 5.41 Å². The molecule has 3 heteroatoms. The van der Waals surface area contributed by atoms with Crippen molar-refractivity contribution in [2.45, 2.75) is 33.1 Å². The molecule has 0 saturated carbocycles. The van der Waals surface area contributed by atoms with Gasteiger partial charge in [0.2, 0.25) is 0 Å². The average Bonchev–Trinajstić information content (AvgIpc) is 2.41. The zero-order valence-corrected chi connectivity index (χ0v) is 14.3. The Kier molecular flexibility index (Phi) is 5.28. The van der Waals surface area contributed by atoms with Gasteiger partial charge < -0.3 is 9.64 Å². The molecule has 0 N–H and O–H groups in total. The number of ether oxygens (including phenoxy) is 1. The molecular weight excluding hydrogens is 260 g/mol. The van der Waals surface area contributed by atoms with E-state index < -0.39 is 0 Å². The number of hydrogen-bond donors (Lipinski definition) is 0. The zero-order chi connectivity index (χ0) is 15.5. The third-order valence-electron chi connectivity index (χ3n) is 4.30. The van der Waals surface area contributed by atoms with Crippen LogP contribution < -0.4 is 4.74 Å². The highest BCUT2D eigenvalue weighted by Gasteiger charge is 2.15. The molecule has 118 valence electrons. The van der Waals surface area contributed by atoms with Crippen molar-refractivity contribution in [1.82, 2.24) is 9.80 Å². The van der Waals surface area contributed by atoms with Gasteiger partial charge in [-0.05, 0) is 36.6 Å². The molecule has 1 aliphatic heterocycles. The second-order valence-electron chi connectivity index (χ2n) is 7.22. The Balaban J connectivity index is 1.83. The van der Waals surface area contributed by atoms with Crippen LogP contribution in [0.25, 0.3) is 0 Å². The molecule has 1 aliphatic rings. The van der Waals surface area contributed by atoms with Gasteiger partial charge in [-0.15, -0.1) is 0 Å². The second-order valence-corrected chi connectivity index (χ2v) is 7.22. The van der Waals surface area contributed by atoms with Crippen molar-refractivity contribution in [3.8, 4) is 5.75 Å². The molecule has 1 heterocycles. The Labute approximate surface area is 129 Å². The Morgan fingerprint density at radius 3 is 2.33 bits per heavy atom. The molecule has 0 unspecified atom stereocenters. The molecule has 0 aliphatic carbocycles. The summed E-state index contributed by atoms with van der Waals surface area (Å²) in [6, 6.07) is 6.57. The molecule has 1 aromatic carbocycles. The SMILES string of the molecule is Cc1cc(C(C)(C)C)ccc1OCCN1CCN(C)CC1. The minimum Gasteiger partial charge on any atom is -0.492 e. The maximum atomic E-state index is 5.98. The number of nitrogens with zero attached hydrogens (tertiary/aromatic N) is 2. The lowest BCUT2D eigenvalue weighted by Gasteiger charge is -2.32. The summed E-state index contributed by atoms with van der Waals surface area (Å²) in [4.78, 5) is 4.87. The topological polar surface area (TPSA) is 15.7 Å². The summed E-state index contributed by atoms with van der Waals surface area (Å²) in [6.45, 7) is 15.3. The summed E-state index contributed by atoms with van der Waals surface area (Å²) in [5, 5.41) is 0. The maximum Gasteiger partial charge on any atom is 0.122 e. The molecule has 0 aromatic heterocycles. The third-order valence-corrected chi connectivity index (χ3v) is 4.30. The van der Waals surface area contributed by atoms with Crippen LogP contribution in [0.15, 0.2) is 18.2 Å². The van der Waals surface area contributed by atoms with Gasteiger partial charge in [-0.25, -0.2) is 0 Å². The van der Waals surface area contributed by atoms with Crippen LogP contribution in [0.2, 0.25) is 0 Å². The van der Waals surface area contributed by atoms with Crippen LogP contribution in [0.3, 0.4) is 0 Å². The van der Waals surface area contributed by atoms with Crippen LogP contribution in [0.4, 0.5) is 0 Å². The number of piperazine rings is 1. The Bertz CT molecular complexity index is 457. The zero-order valence-electron chi connectivity index (χ0n) is 14.3. The van der Waals surface area contributed by atoms with Gasteiger partial charge in [0.15, 0.2) is 0 Å². The van der Waals surface area contributed by atoms with Crippen molar-refractivity contribution in [3.05, 3.63) is 29.3 Å². The van der Waals surface area contributed by atoms with Gasteiger partial charge in [0.25, 0.3) is 0 Å². The molecule has 1 fully saturated rings. The predicted molar refractivity (Wildman–Crippen MR) is 89.3 cm³/mol. The van der Waals surface area contributed by atoms with Gasteiger partial charge in [-0.2, -0.15) is 0 Å². The van der Waals surface area contributed by atoms with E-state index in [1.807, 2.05) is 0 Å². The summed E-state index contributed by atoms with van der Waals surface area (Å²) in [5.41, 5.74) is 2.80. The summed E-state index contributed by atoms with van der Waals surface area (Å²) >= 11 is 0. The van der Waals surface area contributed by atoms with E-state index in [4.69, 9.17) is 4.74 Å². The molecule has 21 heavy (non-hydrogen) atoms. The Hall–Kier alpha value is -1.06. The molecule has 0 amide bonds. The van der Waals surface area contributed by atoms with Gasteiger partial charge in [0.1, 0.15) is 12.4 Å². The van der Waals surface area contributed by atoms with Gasteiger partial charge in [0, 0.05) is 32.7 Å². The predicted octanol–water partition coefficient (Wildman–Crippen LogP) is 2.92. The fourth-order valence-electron chi connectivity index (χ4n) is 2.63. The summed E-state index contributed by atoms with van der Waals surface area (Å²) < 4.78 is 5.98. The number of benzene rings is 1. The molecule has 0 bridgehead atoms. The van der Waals surface area contributed by atoms with Crippen molar-refractivity contribution in [1.29, 1.82) is 0 Å². The number of rotatable bonds is 4. The van der Waals surface area contributed by atoms with E-state index in [9.17, 15) is 0 Å². The quantitative estimate of drug-likeness (QED) is 0.848. The first kappa shape index (κ1) is 16.3. The lowest BCUT2D eigenvalue weighted by molar-refractivity contribution is 0.133. The van der Waals surface area contributed by atoms with E-state index in [-0.39, 0.29) is 5.41 Å².